The first kappa shape index (κ1) is 21.7. The van der Waals surface area contributed by atoms with E-state index in [0.717, 1.165) is 43.3 Å². The van der Waals surface area contributed by atoms with Crippen molar-refractivity contribution in [1.29, 1.82) is 0 Å². The average Bonchev–Trinajstić information content (AvgIpc) is 3.47. The highest BCUT2D eigenvalue weighted by Gasteiger charge is 2.31. The first-order valence-corrected chi connectivity index (χ1v) is 12.0. The van der Waals surface area contributed by atoms with Gasteiger partial charge >= 0.3 is 0 Å². The van der Waals surface area contributed by atoms with Crippen LogP contribution in [0.1, 0.15) is 40.2 Å². The summed E-state index contributed by atoms with van der Waals surface area (Å²) < 4.78 is 58.1. The highest BCUT2D eigenvalue weighted by molar-refractivity contribution is 7.89. The minimum Gasteiger partial charge on any atom is -0.493 e. The molecule has 1 aliphatic carbocycles. The van der Waals surface area contributed by atoms with Crippen LogP contribution >= 0.6 is 0 Å². The fraction of sp³-hybridized carbons (Fsp3) is 0.409. The van der Waals surface area contributed by atoms with Gasteiger partial charge in [0.15, 0.2) is 0 Å². The highest BCUT2D eigenvalue weighted by Crippen LogP contribution is 2.45. The van der Waals surface area contributed by atoms with Crippen LogP contribution in [0.25, 0.3) is 0 Å². The molecule has 1 saturated heterocycles. The van der Waals surface area contributed by atoms with Crippen LogP contribution in [-0.2, 0) is 16.6 Å². The summed E-state index contributed by atoms with van der Waals surface area (Å²) in [4.78, 5) is 14.3. The molecule has 0 aromatic heterocycles. The summed E-state index contributed by atoms with van der Waals surface area (Å²) in [7, 11) is -3.79. The second kappa shape index (κ2) is 8.55. The lowest BCUT2D eigenvalue weighted by atomic mass is 10.00. The summed E-state index contributed by atoms with van der Waals surface area (Å²) in [6.07, 6.45) is 2.68. The Labute approximate surface area is 180 Å². The molecule has 0 spiro atoms. The third kappa shape index (κ3) is 5.59. The number of amides is 1. The quantitative estimate of drug-likeness (QED) is 0.669. The molecule has 2 aliphatic rings. The largest absolute Gasteiger partial charge is 0.493 e. The molecule has 9 heteroatoms. The number of sulfonamides is 1. The van der Waals surface area contributed by atoms with Crippen LogP contribution in [0.3, 0.4) is 0 Å². The van der Waals surface area contributed by atoms with Gasteiger partial charge in [-0.2, -0.15) is 0 Å². The number of halogens is 2. The van der Waals surface area contributed by atoms with E-state index in [4.69, 9.17) is 4.74 Å². The molecule has 6 nitrogen and oxygen atoms in total. The second-order valence-corrected chi connectivity index (χ2v) is 10.1. The molecule has 0 radical (unpaired) electrons. The Morgan fingerprint density at radius 1 is 1.19 bits per heavy atom. The van der Waals surface area contributed by atoms with Crippen LogP contribution in [0.15, 0.2) is 36.4 Å². The van der Waals surface area contributed by atoms with Crippen molar-refractivity contribution < 1.29 is 26.7 Å². The van der Waals surface area contributed by atoms with Crippen molar-refractivity contribution in [1.82, 2.24) is 9.62 Å². The standard InChI is InChI=1S/C22H24F2N2O4S/c1-31(28,29)25-22(27)19-8-18(16-5-6-16)21(9-20(19)24)30-13-15-11-26(12-15)10-14-3-2-4-17(23)7-14/h2-4,7-9,15-16H,5-6,10-13H2,1H3,(H,25,27). The minimum absolute atomic E-state index is 0.186. The Bertz CT molecular complexity index is 1100. The zero-order valence-corrected chi connectivity index (χ0v) is 17.9. The Hall–Kier alpha value is -2.52. The molecule has 2 aromatic rings. The Morgan fingerprint density at radius 3 is 2.58 bits per heavy atom. The molecule has 1 N–H and O–H groups in total. The van der Waals surface area contributed by atoms with E-state index in [0.29, 0.717) is 18.9 Å². The van der Waals surface area contributed by atoms with E-state index in [9.17, 15) is 22.0 Å². The van der Waals surface area contributed by atoms with Gasteiger partial charge < -0.3 is 4.74 Å². The van der Waals surface area contributed by atoms with Crippen LogP contribution in [0, 0.1) is 17.6 Å². The van der Waals surface area contributed by atoms with Crippen molar-refractivity contribution >= 4 is 15.9 Å². The van der Waals surface area contributed by atoms with Gasteiger partial charge in [-0.05, 0) is 48.1 Å². The number of nitrogens with one attached hydrogen (secondary N) is 1. The van der Waals surface area contributed by atoms with Gasteiger partial charge in [-0.15, -0.1) is 0 Å². The molecule has 1 amide bonds. The van der Waals surface area contributed by atoms with Gasteiger partial charge in [0, 0.05) is 31.6 Å². The monoisotopic (exact) mass is 450 g/mol. The minimum atomic E-state index is -3.79. The molecule has 2 aromatic carbocycles. The summed E-state index contributed by atoms with van der Waals surface area (Å²) in [6, 6.07) is 9.10. The van der Waals surface area contributed by atoms with E-state index in [1.54, 1.807) is 10.8 Å². The van der Waals surface area contributed by atoms with Gasteiger partial charge in [0.25, 0.3) is 5.91 Å². The maximum Gasteiger partial charge on any atom is 0.267 e. The first-order valence-electron chi connectivity index (χ1n) is 10.1. The average molecular weight is 451 g/mol. The van der Waals surface area contributed by atoms with Gasteiger partial charge in [0.05, 0.1) is 18.4 Å². The van der Waals surface area contributed by atoms with Gasteiger partial charge in [0.1, 0.15) is 17.4 Å². The van der Waals surface area contributed by atoms with Gasteiger partial charge in [-0.1, -0.05) is 12.1 Å². The van der Waals surface area contributed by atoms with Crippen molar-refractivity contribution in [3.05, 3.63) is 64.7 Å². The number of hydrogen-bond acceptors (Lipinski definition) is 5. The molecule has 1 aliphatic heterocycles. The SMILES string of the molecule is CS(=O)(=O)NC(=O)c1cc(C2CC2)c(OCC2CN(Cc3cccc(F)c3)C2)cc1F. The second-order valence-electron chi connectivity index (χ2n) is 8.35. The highest BCUT2D eigenvalue weighted by atomic mass is 32.2. The maximum absolute atomic E-state index is 14.5. The summed E-state index contributed by atoms with van der Waals surface area (Å²) in [6.45, 7) is 2.67. The lowest BCUT2D eigenvalue weighted by molar-refractivity contribution is 0.0553. The number of ether oxygens (including phenoxy) is 1. The van der Waals surface area contributed by atoms with Crippen LogP contribution in [-0.4, -0.2) is 45.2 Å². The molecule has 2 fully saturated rings. The van der Waals surface area contributed by atoms with E-state index in [-0.39, 0.29) is 23.2 Å². The zero-order valence-electron chi connectivity index (χ0n) is 17.1. The molecule has 1 heterocycles. The van der Waals surface area contributed by atoms with Gasteiger partial charge in [0.2, 0.25) is 10.0 Å². The predicted octanol–water partition coefficient (Wildman–Crippen LogP) is 3.04. The van der Waals surface area contributed by atoms with E-state index in [1.807, 2.05) is 6.07 Å². The number of benzene rings is 2. The van der Waals surface area contributed by atoms with E-state index >= 15 is 0 Å². The number of rotatable bonds is 8. The van der Waals surface area contributed by atoms with Crippen LogP contribution in [0.2, 0.25) is 0 Å². The van der Waals surface area contributed by atoms with E-state index in [1.165, 1.54) is 24.3 Å². The van der Waals surface area contributed by atoms with Crippen molar-refractivity contribution in [3.8, 4) is 5.75 Å². The summed E-state index contributed by atoms with van der Waals surface area (Å²) >= 11 is 0. The summed E-state index contributed by atoms with van der Waals surface area (Å²) in [5, 5.41) is 0. The third-order valence-corrected chi connectivity index (χ3v) is 6.00. The first-order chi connectivity index (χ1) is 14.7. The van der Waals surface area contributed by atoms with Crippen LogP contribution in [0.4, 0.5) is 8.78 Å². The molecular formula is C22H24F2N2O4S. The van der Waals surface area contributed by atoms with Crippen LogP contribution < -0.4 is 9.46 Å². The molecule has 4 rings (SSSR count). The molecule has 166 valence electrons. The van der Waals surface area contributed by atoms with Crippen molar-refractivity contribution in [2.45, 2.75) is 25.3 Å². The van der Waals surface area contributed by atoms with E-state index in [2.05, 4.69) is 4.90 Å². The normalized spacial score (nSPS) is 17.3. The molecule has 1 saturated carbocycles. The van der Waals surface area contributed by atoms with Crippen molar-refractivity contribution in [2.24, 2.45) is 5.92 Å². The summed E-state index contributed by atoms with van der Waals surface area (Å²) in [5.74, 6) is -1.19. The van der Waals surface area contributed by atoms with Gasteiger partial charge in [-0.3, -0.25) is 9.69 Å². The molecule has 0 bridgehead atoms. The fourth-order valence-electron chi connectivity index (χ4n) is 3.82. The number of hydrogen-bond donors (Lipinski definition) is 1. The van der Waals surface area contributed by atoms with Crippen molar-refractivity contribution in [3.63, 3.8) is 0 Å². The number of carbonyl (C=O) groups excluding carboxylic acids is 1. The Morgan fingerprint density at radius 2 is 1.94 bits per heavy atom. The lowest BCUT2D eigenvalue weighted by Crippen LogP contribution is -2.48. The molecule has 31 heavy (non-hydrogen) atoms. The number of likely N-dealkylation sites (tertiary alicyclic amines) is 1. The Balaban J connectivity index is 1.37. The Kier molecular flexibility index (Phi) is 5.98. The van der Waals surface area contributed by atoms with E-state index < -0.39 is 21.7 Å². The maximum atomic E-state index is 14.5. The third-order valence-electron chi connectivity index (χ3n) is 5.44. The summed E-state index contributed by atoms with van der Waals surface area (Å²) in [5.41, 5.74) is 1.35. The van der Waals surface area contributed by atoms with Crippen LogP contribution in [0.5, 0.6) is 5.75 Å². The fourth-order valence-corrected chi connectivity index (χ4v) is 4.27. The molecule has 0 unspecified atom stereocenters. The predicted molar refractivity (Wildman–Crippen MR) is 111 cm³/mol. The smallest absolute Gasteiger partial charge is 0.267 e. The lowest BCUT2D eigenvalue weighted by Gasteiger charge is -2.39. The zero-order chi connectivity index (χ0) is 22.2. The van der Waals surface area contributed by atoms with Gasteiger partial charge in [-0.25, -0.2) is 21.9 Å². The number of carbonyl (C=O) groups is 1. The van der Waals surface area contributed by atoms with Crippen molar-refractivity contribution in [2.75, 3.05) is 26.0 Å². The number of nitrogens with zero attached hydrogens (tertiary/aromatic N) is 1. The topological polar surface area (TPSA) is 75.7 Å². The molecule has 0 atom stereocenters. The molecular weight excluding hydrogens is 426 g/mol.